The zero-order chi connectivity index (χ0) is 17.1. The van der Waals surface area contributed by atoms with Crippen molar-refractivity contribution in [3.8, 4) is 0 Å². The molecule has 0 saturated heterocycles. The third-order valence-corrected chi connectivity index (χ3v) is 3.41. The number of carbonyl (C=O) groups is 1. The van der Waals surface area contributed by atoms with Gasteiger partial charge in [-0.3, -0.25) is 4.79 Å². The van der Waals surface area contributed by atoms with Crippen molar-refractivity contribution in [2.24, 2.45) is 4.99 Å². The van der Waals surface area contributed by atoms with Crippen molar-refractivity contribution in [1.82, 2.24) is 0 Å². The maximum atomic E-state index is 12.1. The highest BCUT2D eigenvalue weighted by Gasteiger charge is 2.18. The third kappa shape index (κ3) is 3.44. The van der Waals surface area contributed by atoms with Crippen molar-refractivity contribution < 1.29 is 9.90 Å². The summed E-state index contributed by atoms with van der Waals surface area (Å²) in [6.07, 6.45) is 2.64. The summed E-state index contributed by atoms with van der Waals surface area (Å²) in [7, 11) is 0. The fourth-order valence-electron chi connectivity index (χ4n) is 2.15. The number of nitrogens with zero attached hydrogens (tertiary/aromatic N) is 1. The number of nitrogens with one attached hydrogen (secondary N) is 1. The number of nitrogens with two attached hydrogens (primary N) is 2. The van der Waals surface area contributed by atoms with Gasteiger partial charge in [-0.05, 0) is 54.6 Å². The van der Waals surface area contributed by atoms with E-state index >= 15 is 0 Å². The summed E-state index contributed by atoms with van der Waals surface area (Å²) in [5, 5.41) is 13.0. The van der Waals surface area contributed by atoms with E-state index < -0.39 is 0 Å². The van der Waals surface area contributed by atoms with E-state index in [4.69, 9.17) is 11.5 Å². The Morgan fingerprint density at radius 3 is 2.08 bits per heavy atom. The van der Waals surface area contributed by atoms with Gasteiger partial charge in [-0.2, -0.15) is 0 Å². The zero-order valence-electron chi connectivity index (χ0n) is 12.7. The first kappa shape index (κ1) is 15.4. The molecule has 0 amide bonds. The van der Waals surface area contributed by atoms with Crippen LogP contribution in [0.1, 0.15) is 0 Å². The molecule has 0 atom stereocenters. The lowest BCUT2D eigenvalue weighted by molar-refractivity contribution is -0.111. The molecule has 2 aromatic carbocycles. The molecule has 2 aromatic rings. The Morgan fingerprint density at radius 2 is 1.46 bits per heavy atom. The monoisotopic (exact) mass is 320 g/mol. The first-order valence-electron chi connectivity index (χ1n) is 7.25. The molecule has 0 aromatic heterocycles. The minimum atomic E-state index is -0.333. The van der Waals surface area contributed by atoms with Crippen LogP contribution < -0.4 is 16.8 Å². The van der Waals surface area contributed by atoms with Gasteiger partial charge in [0.15, 0.2) is 0 Å². The average Bonchev–Trinajstić information content (AvgIpc) is 2.56. The lowest BCUT2D eigenvalue weighted by atomic mass is 10.1. The molecule has 0 heterocycles. The Kier molecular flexibility index (Phi) is 4.03. The van der Waals surface area contributed by atoms with Gasteiger partial charge in [0.25, 0.3) is 0 Å². The number of hydrogen-bond acceptors (Lipinski definition) is 6. The summed E-state index contributed by atoms with van der Waals surface area (Å²) >= 11 is 0. The number of aliphatic hydroxyl groups is 1. The molecule has 0 aliphatic heterocycles. The summed E-state index contributed by atoms with van der Waals surface area (Å²) in [6.45, 7) is 0. The molecular formula is C18H16N4O2. The van der Waals surface area contributed by atoms with Gasteiger partial charge in [0, 0.05) is 23.1 Å². The fraction of sp³-hybridized carbons (Fsp3) is 0. The second-order valence-corrected chi connectivity index (χ2v) is 5.29. The second kappa shape index (κ2) is 6.29. The van der Waals surface area contributed by atoms with Gasteiger partial charge >= 0.3 is 0 Å². The Morgan fingerprint density at radius 1 is 0.875 bits per heavy atom. The number of nitrogen functional groups attached to an aromatic ring is 2. The van der Waals surface area contributed by atoms with Gasteiger partial charge in [0.2, 0.25) is 5.78 Å². The smallest absolute Gasteiger partial charge is 0.205 e. The maximum Gasteiger partial charge on any atom is 0.205 e. The van der Waals surface area contributed by atoms with Gasteiger partial charge in [0.05, 0.1) is 11.4 Å². The first-order chi connectivity index (χ1) is 11.5. The maximum absolute atomic E-state index is 12.1. The normalized spacial score (nSPS) is 15.8. The topological polar surface area (TPSA) is 114 Å². The number of aliphatic hydroxyl groups excluding tert-OH is 1. The summed E-state index contributed by atoms with van der Waals surface area (Å²) in [4.78, 5) is 16.4. The van der Waals surface area contributed by atoms with Crippen molar-refractivity contribution in [2.75, 3.05) is 16.8 Å². The minimum absolute atomic E-state index is 0.181. The Labute approximate surface area is 138 Å². The standard InChI is InChI=1S/C18H16N4O2/c19-11-1-5-13(6-2-11)21-15-9-16(18(24)10-17(15)23)22-14-7-3-12(20)4-8-14/h1-10,21,24H,19-20H2/b22-16-. The molecular weight excluding hydrogens is 304 g/mol. The van der Waals surface area contributed by atoms with Crippen LogP contribution in [0.3, 0.4) is 0 Å². The van der Waals surface area contributed by atoms with Crippen molar-refractivity contribution in [3.05, 3.63) is 72.1 Å². The van der Waals surface area contributed by atoms with Crippen LogP contribution in [0.15, 0.2) is 77.1 Å². The molecule has 24 heavy (non-hydrogen) atoms. The van der Waals surface area contributed by atoms with Gasteiger partial charge in [-0.25, -0.2) is 4.99 Å². The highest BCUT2D eigenvalue weighted by Crippen LogP contribution is 2.20. The number of ketones is 1. The number of hydrogen-bond donors (Lipinski definition) is 4. The minimum Gasteiger partial charge on any atom is -0.506 e. The Balaban J connectivity index is 1.90. The number of anilines is 3. The van der Waals surface area contributed by atoms with E-state index in [-0.39, 0.29) is 17.3 Å². The molecule has 0 unspecified atom stereocenters. The molecule has 3 rings (SSSR count). The van der Waals surface area contributed by atoms with Crippen LogP contribution in [-0.2, 0) is 4.79 Å². The van der Waals surface area contributed by atoms with Gasteiger partial charge in [0.1, 0.15) is 11.5 Å². The van der Waals surface area contributed by atoms with Crippen molar-refractivity contribution in [1.29, 1.82) is 0 Å². The molecule has 6 N–H and O–H groups in total. The van der Waals surface area contributed by atoms with E-state index in [1.165, 1.54) is 6.08 Å². The molecule has 0 spiro atoms. The van der Waals surface area contributed by atoms with Crippen LogP contribution in [0.25, 0.3) is 0 Å². The summed E-state index contributed by atoms with van der Waals surface area (Å²) in [5.41, 5.74) is 14.5. The summed E-state index contributed by atoms with van der Waals surface area (Å²) in [6, 6.07) is 13.9. The third-order valence-electron chi connectivity index (χ3n) is 3.41. The molecule has 0 saturated carbocycles. The molecule has 1 aliphatic carbocycles. The van der Waals surface area contributed by atoms with E-state index in [1.54, 1.807) is 48.5 Å². The van der Waals surface area contributed by atoms with Crippen molar-refractivity contribution >= 4 is 34.2 Å². The molecule has 6 heteroatoms. The average molecular weight is 320 g/mol. The molecule has 0 fully saturated rings. The predicted molar refractivity (Wildman–Crippen MR) is 96.2 cm³/mol. The lowest BCUT2D eigenvalue weighted by Gasteiger charge is -2.14. The molecule has 120 valence electrons. The lowest BCUT2D eigenvalue weighted by Crippen LogP contribution is -2.18. The number of allylic oxidation sites excluding steroid dienone is 2. The number of aliphatic imine (C=N–C) groups is 1. The predicted octanol–water partition coefficient (Wildman–Crippen LogP) is 2.94. The molecule has 0 radical (unpaired) electrons. The van der Waals surface area contributed by atoms with Crippen LogP contribution in [0.2, 0.25) is 0 Å². The zero-order valence-corrected chi connectivity index (χ0v) is 12.7. The number of carbonyl (C=O) groups excluding carboxylic acids is 1. The SMILES string of the molecule is Nc1ccc(/N=C2/C=C(Nc3ccc(N)cc3)C(=O)C=C2O)cc1. The van der Waals surface area contributed by atoms with Crippen LogP contribution in [0.5, 0.6) is 0 Å². The number of benzene rings is 2. The van der Waals surface area contributed by atoms with Crippen molar-refractivity contribution in [3.63, 3.8) is 0 Å². The van der Waals surface area contributed by atoms with E-state index in [9.17, 15) is 9.90 Å². The summed E-state index contributed by atoms with van der Waals surface area (Å²) in [5.74, 6) is -0.514. The Bertz CT molecular complexity index is 863. The van der Waals surface area contributed by atoms with Crippen LogP contribution in [-0.4, -0.2) is 16.6 Å². The largest absolute Gasteiger partial charge is 0.506 e. The van der Waals surface area contributed by atoms with Crippen LogP contribution in [0.4, 0.5) is 22.7 Å². The highest BCUT2D eigenvalue weighted by molar-refractivity contribution is 6.22. The highest BCUT2D eigenvalue weighted by atomic mass is 16.3. The number of rotatable bonds is 3. The fourth-order valence-corrected chi connectivity index (χ4v) is 2.15. The van der Waals surface area contributed by atoms with E-state index in [1.807, 2.05) is 0 Å². The molecule has 6 nitrogen and oxygen atoms in total. The van der Waals surface area contributed by atoms with Gasteiger partial charge in [-0.1, -0.05) is 0 Å². The quantitative estimate of drug-likeness (QED) is 0.513. The molecule has 1 aliphatic rings. The van der Waals surface area contributed by atoms with E-state index in [2.05, 4.69) is 10.3 Å². The Hall–Kier alpha value is -3.54. The first-order valence-corrected chi connectivity index (χ1v) is 7.25. The second-order valence-electron chi connectivity index (χ2n) is 5.29. The van der Waals surface area contributed by atoms with Gasteiger partial charge in [-0.15, -0.1) is 0 Å². The molecule has 0 bridgehead atoms. The van der Waals surface area contributed by atoms with Gasteiger partial charge < -0.3 is 21.9 Å². The van der Waals surface area contributed by atoms with E-state index in [0.29, 0.717) is 28.4 Å². The van der Waals surface area contributed by atoms with Crippen LogP contribution >= 0.6 is 0 Å². The summed E-state index contributed by atoms with van der Waals surface area (Å²) < 4.78 is 0. The van der Waals surface area contributed by atoms with Crippen molar-refractivity contribution in [2.45, 2.75) is 0 Å². The van der Waals surface area contributed by atoms with E-state index in [0.717, 1.165) is 6.08 Å². The van der Waals surface area contributed by atoms with Crippen LogP contribution in [0, 0.1) is 0 Å².